The highest BCUT2D eigenvalue weighted by Crippen LogP contribution is 2.22. The lowest BCUT2D eigenvalue weighted by atomic mass is 10.1. The van der Waals surface area contributed by atoms with Gasteiger partial charge < -0.3 is 9.73 Å². The Morgan fingerprint density at radius 3 is 2.74 bits per heavy atom. The lowest BCUT2D eigenvalue weighted by molar-refractivity contribution is -0.384. The van der Waals surface area contributed by atoms with Crippen LogP contribution in [-0.4, -0.2) is 45.0 Å². The molecule has 0 spiro atoms. The van der Waals surface area contributed by atoms with E-state index in [1.54, 1.807) is 6.92 Å². The number of hydrogen-bond acceptors (Lipinski definition) is 8. The Hall–Kier alpha value is -2.66. The Morgan fingerprint density at radius 2 is 2.15 bits per heavy atom. The number of carbonyl (C=O) groups excluding carboxylic acids is 2. The number of nitro groups is 1. The molecule has 0 saturated carbocycles. The smallest absolute Gasteiger partial charge is 0.322 e. The van der Waals surface area contributed by atoms with E-state index in [9.17, 15) is 19.7 Å². The van der Waals surface area contributed by atoms with Crippen LogP contribution in [0.2, 0.25) is 5.02 Å². The zero-order valence-corrected chi connectivity index (χ0v) is 16.0. The topological polar surface area (TPSA) is 140 Å². The van der Waals surface area contributed by atoms with Gasteiger partial charge in [-0.1, -0.05) is 16.7 Å². The minimum Gasteiger partial charge on any atom is -0.408 e. The van der Waals surface area contributed by atoms with Gasteiger partial charge in [-0.2, -0.15) is 11.8 Å². The van der Waals surface area contributed by atoms with Gasteiger partial charge in [0.05, 0.1) is 15.5 Å². The van der Waals surface area contributed by atoms with Gasteiger partial charge in [-0.25, -0.2) is 0 Å². The molecule has 0 radical (unpaired) electrons. The number of thioether (sulfide) groups is 1. The summed E-state index contributed by atoms with van der Waals surface area (Å²) in [5, 5.41) is 23.2. The fraction of sp³-hybridized carbons (Fsp3) is 0.333. The van der Waals surface area contributed by atoms with Gasteiger partial charge in [0, 0.05) is 19.1 Å². The van der Waals surface area contributed by atoms with Crippen LogP contribution >= 0.6 is 23.4 Å². The molecule has 0 saturated heterocycles. The average molecular weight is 414 g/mol. The molecule has 1 atom stereocenters. The number of aryl methyl sites for hydroxylation is 1. The van der Waals surface area contributed by atoms with E-state index >= 15 is 0 Å². The molecule has 12 heteroatoms. The summed E-state index contributed by atoms with van der Waals surface area (Å²) in [4.78, 5) is 35.2. The molecule has 144 valence electrons. The fourth-order valence-corrected chi connectivity index (χ4v) is 2.76. The van der Waals surface area contributed by atoms with E-state index < -0.39 is 22.8 Å². The summed E-state index contributed by atoms with van der Waals surface area (Å²) in [6.45, 7) is 1.57. The lowest BCUT2D eigenvalue weighted by Crippen LogP contribution is -2.44. The molecule has 2 amide bonds. The van der Waals surface area contributed by atoms with E-state index in [0.717, 1.165) is 6.07 Å². The van der Waals surface area contributed by atoms with Gasteiger partial charge in [0.1, 0.15) is 6.04 Å². The van der Waals surface area contributed by atoms with Crippen LogP contribution in [0, 0.1) is 17.0 Å². The summed E-state index contributed by atoms with van der Waals surface area (Å²) >= 11 is 7.47. The van der Waals surface area contributed by atoms with E-state index in [-0.39, 0.29) is 28.2 Å². The van der Waals surface area contributed by atoms with Gasteiger partial charge >= 0.3 is 6.01 Å². The molecule has 1 unspecified atom stereocenters. The van der Waals surface area contributed by atoms with Crippen molar-refractivity contribution in [2.75, 3.05) is 17.3 Å². The number of rotatable bonds is 8. The first-order chi connectivity index (χ1) is 12.8. The van der Waals surface area contributed by atoms with Crippen LogP contribution < -0.4 is 10.6 Å². The fourth-order valence-electron chi connectivity index (χ4n) is 2.08. The quantitative estimate of drug-likeness (QED) is 0.496. The van der Waals surface area contributed by atoms with Crippen LogP contribution in [0.4, 0.5) is 11.7 Å². The van der Waals surface area contributed by atoms with Crippen LogP contribution in [0.5, 0.6) is 0 Å². The second-order valence-electron chi connectivity index (χ2n) is 5.34. The van der Waals surface area contributed by atoms with Crippen molar-refractivity contribution in [3.63, 3.8) is 0 Å². The van der Waals surface area contributed by atoms with E-state index in [0.29, 0.717) is 12.2 Å². The molecule has 1 heterocycles. The zero-order chi connectivity index (χ0) is 20.0. The number of amides is 2. The van der Waals surface area contributed by atoms with Crippen molar-refractivity contribution in [3.05, 3.63) is 44.8 Å². The number of halogens is 1. The molecule has 0 bridgehead atoms. The number of hydrogen-bond donors (Lipinski definition) is 2. The Bertz CT molecular complexity index is 859. The Labute approximate surface area is 163 Å². The van der Waals surface area contributed by atoms with Crippen LogP contribution in [-0.2, 0) is 4.79 Å². The normalized spacial score (nSPS) is 11.7. The minimum absolute atomic E-state index is 0.0367. The summed E-state index contributed by atoms with van der Waals surface area (Å²) in [5.41, 5.74) is -0.377. The highest BCUT2D eigenvalue weighted by atomic mass is 35.5. The van der Waals surface area contributed by atoms with Crippen molar-refractivity contribution in [3.8, 4) is 0 Å². The number of anilines is 1. The summed E-state index contributed by atoms with van der Waals surface area (Å²) in [7, 11) is 0. The third-order valence-electron chi connectivity index (χ3n) is 3.39. The third-order valence-corrected chi connectivity index (χ3v) is 4.37. The first kappa shape index (κ1) is 20.6. The monoisotopic (exact) mass is 413 g/mol. The molecule has 0 fully saturated rings. The Balaban J connectivity index is 2.17. The molecule has 0 aliphatic carbocycles. The molecule has 0 aliphatic rings. The second-order valence-corrected chi connectivity index (χ2v) is 6.74. The van der Waals surface area contributed by atoms with Gasteiger partial charge in [-0.3, -0.25) is 25.0 Å². The minimum atomic E-state index is -0.924. The van der Waals surface area contributed by atoms with Gasteiger partial charge in [0.25, 0.3) is 17.5 Å². The zero-order valence-electron chi connectivity index (χ0n) is 14.4. The standard InChI is InChI=1S/C15H16ClN5O5S/c1-8-19-20-15(26-8)18-14(23)12(5-6-27-2)17-13(22)10-7-9(21(24)25)3-4-11(10)16/h3-4,7,12H,5-6H2,1-2H3,(H,17,22)(H,18,20,23). The Morgan fingerprint density at radius 1 is 1.41 bits per heavy atom. The Kier molecular flexibility index (Phi) is 7.13. The van der Waals surface area contributed by atoms with Crippen molar-refractivity contribution in [2.45, 2.75) is 19.4 Å². The summed E-state index contributed by atoms with van der Waals surface area (Å²) in [6, 6.07) is 2.49. The number of non-ortho nitro benzene ring substituents is 1. The predicted octanol–water partition coefficient (Wildman–Crippen LogP) is 2.43. The number of aromatic nitrogens is 2. The number of benzene rings is 1. The maximum Gasteiger partial charge on any atom is 0.322 e. The highest BCUT2D eigenvalue weighted by molar-refractivity contribution is 7.98. The molecule has 1 aromatic carbocycles. The second kappa shape index (κ2) is 9.33. The molecule has 1 aromatic heterocycles. The van der Waals surface area contributed by atoms with Gasteiger partial charge in [0.2, 0.25) is 5.89 Å². The maximum atomic E-state index is 12.5. The first-order valence-electron chi connectivity index (χ1n) is 7.66. The molecule has 10 nitrogen and oxygen atoms in total. The van der Waals surface area contributed by atoms with Crippen LogP contribution in [0.1, 0.15) is 22.7 Å². The van der Waals surface area contributed by atoms with Crippen LogP contribution in [0.15, 0.2) is 22.6 Å². The molecular weight excluding hydrogens is 398 g/mol. The lowest BCUT2D eigenvalue weighted by Gasteiger charge is -2.17. The van der Waals surface area contributed by atoms with Crippen molar-refractivity contribution in [1.82, 2.24) is 15.5 Å². The van der Waals surface area contributed by atoms with Crippen molar-refractivity contribution in [2.24, 2.45) is 0 Å². The SMILES string of the molecule is CSCCC(NC(=O)c1cc([N+](=O)[O-])ccc1Cl)C(=O)Nc1nnc(C)o1. The van der Waals surface area contributed by atoms with Crippen molar-refractivity contribution in [1.29, 1.82) is 0 Å². The first-order valence-corrected chi connectivity index (χ1v) is 9.43. The number of carbonyl (C=O) groups is 2. The van der Waals surface area contributed by atoms with E-state index in [1.807, 2.05) is 6.26 Å². The van der Waals surface area contributed by atoms with E-state index in [4.69, 9.17) is 16.0 Å². The van der Waals surface area contributed by atoms with Crippen LogP contribution in [0.25, 0.3) is 0 Å². The van der Waals surface area contributed by atoms with Crippen molar-refractivity contribution >= 4 is 46.9 Å². The molecular formula is C15H16ClN5O5S. The summed E-state index contributed by atoms with van der Waals surface area (Å²) in [6.07, 6.45) is 2.17. The van der Waals surface area contributed by atoms with Crippen LogP contribution in [0.3, 0.4) is 0 Å². The molecule has 2 N–H and O–H groups in total. The van der Waals surface area contributed by atoms with Gasteiger partial charge in [-0.15, -0.1) is 5.10 Å². The maximum absolute atomic E-state index is 12.5. The molecule has 27 heavy (non-hydrogen) atoms. The van der Waals surface area contributed by atoms with Gasteiger partial charge in [-0.05, 0) is 24.5 Å². The van der Waals surface area contributed by atoms with E-state index in [1.165, 1.54) is 23.9 Å². The average Bonchev–Trinajstić information content (AvgIpc) is 3.03. The van der Waals surface area contributed by atoms with E-state index in [2.05, 4.69) is 20.8 Å². The molecule has 0 aliphatic heterocycles. The number of nitro benzene ring substituents is 1. The van der Waals surface area contributed by atoms with Gasteiger partial charge in [0.15, 0.2) is 0 Å². The largest absolute Gasteiger partial charge is 0.408 e. The summed E-state index contributed by atoms with van der Waals surface area (Å²) in [5.74, 6) is -0.392. The summed E-state index contributed by atoms with van der Waals surface area (Å²) < 4.78 is 5.09. The molecule has 2 aromatic rings. The third kappa shape index (κ3) is 5.66. The number of nitrogens with zero attached hydrogens (tertiary/aromatic N) is 3. The number of nitrogens with one attached hydrogen (secondary N) is 2. The molecule has 2 rings (SSSR count). The van der Waals surface area contributed by atoms with Crippen molar-refractivity contribution < 1.29 is 18.9 Å². The predicted molar refractivity (Wildman–Crippen MR) is 100 cm³/mol. The highest BCUT2D eigenvalue weighted by Gasteiger charge is 2.24.